The van der Waals surface area contributed by atoms with Crippen molar-refractivity contribution in [2.75, 3.05) is 144 Å². The topological polar surface area (TPSA) is 935 Å². The van der Waals surface area contributed by atoms with Crippen LogP contribution < -0.4 is 136 Å². The number of nitrogens with zero attached hydrogens (tertiary/aromatic N) is 2. The van der Waals surface area contributed by atoms with Crippen molar-refractivity contribution in [3.8, 4) is 0 Å². The highest BCUT2D eigenvalue weighted by molar-refractivity contribution is 8.77. The van der Waals surface area contributed by atoms with Gasteiger partial charge in [0, 0.05) is 91.2 Å². The van der Waals surface area contributed by atoms with Gasteiger partial charge in [0.25, 0.3) is 11.8 Å². The number of carboxylic acid groups (broad SMARTS) is 2. The average molecular weight is 2160 g/mol. The Morgan fingerprint density at radius 1 is 0.284 bits per heavy atom. The number of thiol groups is 1. The van der Waals surface area contributed by atoms with Gasteiger partial charge in [-0.1, -0.05) is 43.2 Å². The van der Waals surface area contributed by atoms with Crippen LogP contribution in [0.25, 0.3) is 0 Å². The summed E-state index contributed by atoms with van der Waals surface area (Å²) in [5.74, 6) is -14.4. The number of hydrogen-bond donors (Lipinski definition) is 28. The smallest absolute Gasteiger partial charge is 0.314 e. The first-order valence-corrected chi connectivity index (χ1v) is 51.8. The van der Waals surface area contributed by atoms with E-state index in [0.717, 1.165) is 43.2 Å². The van der Waals surface area contributed by atoms with Crippen LogP contribution in [0.4, 0.5) is 0 Å². The minimum Gasteiger partial charge on any atom is -0.481 e. The molecule has 24 amide bonds. The molecule has 0 saturated carbocycles. The van der Waals surface area contributed by atoms with E-state index in [4.69, 9.17) is 50.5 Å². The molecule has 0 aromatic rings. The number of nitrogens with one attached hydrogen (secondary N) is 18. The fraction of sp³-hybridized carbons (Fsp3) is 0.627. The van der Waals surface area contributed by atoms with E-state index in [2.05, 4.69) is 147 Å². The molecule has 0 saturated heterocycles. The van der Waals surface area contributed by atoms with Gasteiger partial charge < -0.3 is 150 Å². The minimum absolute atomic E-state index is 0.0409. The van der Waals surface area contributed by atoms with E-state index in [-0.39, 0.29) is 184 Å². The zero-order chi connectivity index (χ0) is 107. The zero-order valence-corrected chi connectivity index (χ0v) is 83.9. The zero-order valence-electron chi connectivity index (χ0n) is 77.3. The van der Waals surface area contributed by atoms with Crippen molar-refractivity contribution in [1.82, 2.24) is 95.7 Å². The molecule has 0 radical (unpaired) electrons. The van der Waals surface area contributed by atoms with Gasteiger partial charge in [0.2, 0.25) is 130 Å². The van der Waals surface area contributed by atoms with Gasteiger partial charge in [-0.2, -0.15) is 47.9 Å². The molecular weight excluding hydrogens is 2030 g/mol. The third-order valence-electron chi connectivity index (χ3n) is 17.1. The maximum absolute atomic E-state index is 13.3. The Bertz CT molecular complexity index is 4150. The van der Waals surface area contributed by atoms with Crippen molar-refractivity contribution in [2.45, 2.75) is 151 Å². The minimum atomic E-state index is -1.41. The molecule has 0 bridgehead atoms. The molecule has 0 aliphatic carbocycles. The first kappa shape index (κ1) is 133. The lowest BCUT2D eigenvalue weighted by atomic mass is 10.1. The Morgan fingerprint density at radius 3 is 0.695 bits per heavy atom. The SMILES string of the molecule is C=NOCC(=O)NCCNC(=O)CNC(=O)[C@H](CCSC)NC(=O)[C@H](CCC(N)=O)NC(=O)[C@H](CCC(N)=O)NC(=O)CS.C=NOCC(=O)NCCNC(=O)CNC(=O)[C@H](CCSC)NC(=O)[C@H](CCC(N)=O)NC(=O)[C@H](CCC(N)=O)NC(=O)CSSCC(=O)O.CSCC[C@H](NC(=O)[C@H](CCC(N)=O)NC(=O)[C@H](CCC(N)=O)NC(=O)CSSCC(=O)O)C(=O)NCC(=O)NCCNC(=O)CON. The summed E-state index contributed by atoms with van der Waals surface area (Å²) in [5.41, 5.74) is 31.3. The van der Waals surface area contributed by atoms with Crippen LogP contribution in [0.3, 0.4) is 0 Å². The van der Waals surface area contributed by atoms with E-state index >= 15 is 0 Å². The van der Waals surface area contributed by atoms with Gasteiger partial charge in [0.1, 0.15) is 72.5 Å². The molecule has 0 aliphatic heterocycles. The first-order chi connectivity index (χ1) is 66.7. The first-order valence-electron chi connectivity index (χ1n) is 42.0. The summed E-state index contributed by atoms with van der Waals surface area (Å²) >= 11 is 7.98. The molecule has 0 aliphatic rings. The van der Waals surface area contributed by atoms with Crippen LogP contribution in [0.2, 0.25) is 0 Å². The summed E-state index contributed by atoms with van der Waals surface area (Å²) < 4.78 is 0. The Hall–Kier alpha value is -12.1. The summed E-state index contributed by atoms with van der Waals surface area (Å²) in [6.45, 7) is 4.13. The fourth-order valence-electron chi connectivity index (χ4n) is 10.3. The molecule has 796 valence electrons. The average Bonchev–Trinajstić information content (AvgIpc) is 0.873. The van der Waals surface area contributed by atoms with Gasteiger partial charge in [0.15, 0.2) is 13.2 Å². The van der Waals surface area contributed by atoms with Crippen molar-refractivity contribution in [3.63, 3.8) is 0 Å². The highest BCUT2D eigenvalue weighted by Crippen LogP contribution is 2.22. The molecule has 0 heterocycles. The number of amides is 24. The van der Waals surface area contributed by atoms with Crippen molar-refractivity contribution >= 4 is 258 Å². The fourth-order valence-corrected chi connectivity index (χ4v) is 14.9. The summed E-state index contributed by atoms with van der Waals surface area (Å²) in [7, 11) is 3.65. The molecule has 0 fully saturated rings. The highest BCUT2D eigenvalue weighted by Gasteiger charge is 2.35. The van der Waals surface area contributed by atoms with Crippen LogP contribution >= 0.6 is 91.1 Å². The molecule has 9 atom stereocenters. The third-order valence-corrected chi connectivity index (χ3v) is 23.5. The number of carbonyl (C=O) groups excluding carboxylic acids is 24. The molecule has 141 heavy (non-hydrogen) atoms. The van der Waals surface area contributed by atoms with E-state index in [1.807, 2.05) is 0 Å². The number of carbonyl (C=O) groups is 26. The number of hydrogen-bond acceptors (Lipinski definition) is 40. The maximum atomic E-state index is 13.3. The van der Waals surface area contributed by atoms with E-state index in [1.54, 1.807) is 18.8 Å². The van der Waals surface area contributed by atoms with Gasteiger partial charge in [-0.05, 0) is 93.8 Å². The van der Waals surface area contributed by atoms with E-state index in [0.29, 0.717) is 17.3 Å². The third kappa shape index (κ3) is 74.5. The number of carboxylic acids is 2. The number of oxime groups is 2. The van der Waals surface area contributed by atoms with Crippen molar-refractivity contribution < 1.29 is 149 Å². The second-order valence-electron chi connectivity index (χ2n) is 28.5. The molecule has 0 aromatic heterocycles. The highest BCUT2D eigenvalue weighted by atomic mass is 33.1. The summed E-state index contributed by atoms with van der Waals surface area (Å²) in [6.07, 6.45) is 2.45. The van der Waals surface area contributed by atoms with Gasteiger partial charge >= 0.3 is 11.9 Å². The van der Waals surface area contributed by atoms with Crippen LogP contribution in [0.15, 0.2) is 10.3 Å². The largest absolute Gasteiger partial charge is 0.481 e. The summed E-state index contributed by atoms with van der Waals surface area (Å²) in [6, 6.07) is -11.5. The predicted octanol–water partition coefficient (Wildman–Crippen LogP) is -12.8. The second kappa shape index (κ2) is 82.6. The monoisotopic (exact) mass is 2160 g/mol. The lowest BCUT2D eigenvalue weighted by Crippen LogP contribution is -2.57. The van der Waals surface area contributed by atoms with E-state index in [9.17, 15) is 125 Å². The van der Waals surface area contributed by atoms with Crippen LogP contribution in [0, 0.1) is 0 Å². The van der Waals surface area contributed by atoms with Gasteiger partial charge in [-0.15, -0.1) is 10.3 Å². The van der Waals surface area contributed by atoms with Crippen molar-refractivity contribution in [1.29, 1.82) is 0 Å². The normalized spacial score (nSPS) is 12.3. The van der Waals surface area contributed by atoms with E-state index < -0.39 is 228 Å². The lowest BCUT2D eigenvalue weighted by Gasteiger charge is -2.25. The second-order valence-corrected chi connectivity index (χ2v) is 36.7. The van der Waals surface area contributed by atoms with E-state index in [1.165, 1.54) is 35.3 Å². The Balaban J connectivity index is -0.00000203. The molecular formula is C75H127N27O31S8. The van der Waals surface area contributed by atoms with Gasteiger partial charge in [-0.25, -0.2) is 5.90 Å². The molecule has 0 spiro atoms. The number of nitrogens with two attached hydrogens (primary N) is 7. The number of thioether (sulfide) groups is 3. The molecule has 34 N–H and O–H groups in total. The molecule has 66 heteroatoms. The Labute approximate surface area is 843 Å². The van der Waals surface area contributed by atoms with Crippen LogP contribution in [-0.2, 0) is 139 Å². The quantitative estimate of drug-likeness (QED) is 0.00884. The summed E-state index contributed by atoms with van der Waals surface area (Å²) in [4.78, 5) is 328. The molecule has 0 aromatic carbocycles. The molecule has 58 nitrogen and oxygen atoms in total. The number of primary amides is 6. The van der Waals surface area contributed by atoms with Crippen LogP contribution in [0.5, 0.6) is 0 Å². The Kier molecular flexibility index (Phi) is 77.9. The number of aliphatic carboxylic acids is 2. The van der Waals surface area contributed by atoms with Gasteiger partial charge in [-0.3, -0.25) is 129 Å². The lowest BCUT2D eigenvalue weighted by molar-refractivity contribution is -0.134. The molecule has 0 rings (SSSR count). The molecule has 0 unspecified atom stereocenters. The number of rotatable bonds is 79. The summed E-state index contributed by atoms with van der Waals surface area (Å²) in [5, 5.41) is 67.6. The maximum Gasteiger partial charge on any atom is 0.314 e. The van der Waals surface area contributed by atoms with Crippen molar-refractivity contribution in [2.24, 2.45) is 50.6 Å². The standard InChI is InChI=1S/C26H43N9O11S3.C25H43N9O11S3.C24H41N9O9S2/c1-29-46-12-21(39)31-9-8-30-20(38)11-32-24(43)17(7-10-47-2)35-26(45)16(4-6-19(28)37)34-25(44)15(3-5-18(27)36)33-22(40)13-48-49-14-23(41)42;1-46-9-6-16(23(42)31-10-19(37)29-7-8-30-20(38)11-45-28)34-25(44)15(3-5-18(27)36)33-24(43)14(2-4-17(26)35)32-21(39)12-47-48-13-22(40)41;1-27-42-12-20(37)29-9-8-28-19(36)11-30-22(39)16(7-10-44-2)33-24(41)15(4-6-18(26)35)32-23(40)14(3-5-17(25)34)31-21(38)13-43/h15-17H,1,3-14H2,2H3,(H2,27,36)(H2,28,37)(H,30,38)(H,31,39)(H,32,43)(H,33,40)(H,34,44)(H,35,45)(H,41,42);14-16H,2-13,28H2,1H3,(H2,26,35)(H2,27,36)(H,29,37)(H,30,38)(H,31,42)(H,32,39)(H,33,43)(H,34,44)(H,40,41);14-16,43H,1,3-13H2,2H3,(H2,25,34)(H2,26,35)(H,28,36)(H,29,37)(H,30,39)(H,31,38)(H,32,40)(H,33,41)/t15-,16-,17-;2*14-,15-,16-/m000/s1. The Morgan fingerprint density at radius 2 is 0.489 bits per heavy atom. The van der Waals surface area contributed by atoms with Crippen LogP contribution in [-0.4, -0.2) is 375 Å². The van der Waals surface area contributed by atoms with Crippen LogP contribution in [0.1, 0.15) is 96.3 Å². The predicted molar refractivity (Wildman–Crippen MR) is 524 cm³/mol. The van der Waals surface area contributed by atoms with Gasteiger partial charge in [0.05, 0.1) is 36.9 Å². The van der Waals surface area contributed by atoms with Crippen molar-refractivity contribution in [3.05, 3.63) is 0 Å².